The number of hydrogen-bond donors (Lipinski definition) is 2. The molecule has 4 aromatic rings. The molecule has 0 saturated carbocycles. The van der Waals surface area contributed by atoms with Crippen molar-refractivity contribution in [3.8, 4) is 11.1 Å². The van der Waals surface area contributed by atoms with Gasteiger partial charge in [0.05, 0.1) is 6.20 Å². The van der Waals surface area contributed by atoms with Gasteiger partial charge in [-0.2, -0.15) is 5.10 Å². The monoisotopic (exact) mass is 522 g/mol. The van der Waals surface area contributed by atoms with Gasteiger partial charge in [-0.3, -0.25) is 23.6 Å². The maximum Gasteiger partial charge on any atom is 0.326 e. The third-order valence-electron chi connectivity index (χ3n) is 5.43. The molecule has 0 aliphatic rings. The van der Waals surface area contributed by atoms with E-state index < -0.39 is 29.6 Å². The first kappa shape index (κ1) is 25.9. The molecule has 0 aliphatic carbocycles. The quantitative estimate of drug-likeness (QED) is 0.371. The van der Waals surface area contributed by atoms with Crippen LogP contribution in [0.15, 0.2) is 53.6 Å². The minimum Gasteiger partial charge on any atom is -0.459 e. The standard InChI is InChI=1S/C26H27ClN6O4/c1-26(2,3)37-21(34)14-33-23-16(9-19(22(28)31-23)17-12-30-32(4)13-17)10-20(25(33)36)24(35)29-11-15-5-7-18(27)8-6-15/h5-10,12-13H,11,14H2,1-4H3,(H2,28,31)(H,29,35). The molecule has 0 aliphatic heterocycles. The molecule has 0 atom stereocenters. The Labute approximate surface area is 218 Å². The van der Waals surface area contributed by atoms with Crippen LogP contribution >= 0.6 is 11.6 Å². The van der Waals surface area contributed by atoms with E-state index in [2.05, 4.69) is 15.4 Å². The molecule has 0 radical (unpaired) electrons. The van der Waals surface area contributed by atoms with Gasteiger partial charge in [0.1, 0.15) is 29.2 Å². The van der Waals surface area contributed by atoms with Crippen molar-refractivity contribution in [3.63, 3.8) is 0 Å². The molecule has 0 unspecified atom stereocenters. The highest BCUT2D eigenvalue weighted by molar-refractivity contribution is 6.30. The summed E-state index contributed by atoms with van der Waals surface area (Å²) in [6.45, 7) is 4.92. The lowest BCUT2D eigenvalue weighted by Gasteiger charge is -2.20. The fourth-order valence-corrected chi connectivity index (χ4v) is 3.92. The minimum atomic E-state index is -0.760. The van der Waals surface area contributed by atoms with Gasteiger partial charge in [0.15, 0.2) is 0 Å². The maximum atomic E-state index is 13.4. The number of carbonyl (C=O) groups is 2. The summed E-state index contributed by atoms with van der Waals surface area (Å²) in [6, 6.07) is 10.1. The second-order valence-corrected chi connectivity index (χ2v) is 10.0. The molecule has 3 aromatic heterocycles. The van der Waals surface area contributed by atoms with Crippen LogP contribution in [0.3, 0.4) is 0 Å². The second kappa shape index (κ2) is 10.1. The summed E-state index contributed by atoms with van der Waals surface area (Å²) in [4.78, 5) is 43.6. The summed E-state index contributed by atoms with van der Waals surface area (Å²) in [5.41, 5.74) is 6.90. The molecule has 1 aromatic carbocycles. The molecule has 0 bridgehead atoms. The van der Waals surface area contributed by atoms with Crippen LogP contribution in [-0.4, -0.2) is 36.8 Å². The largest absolute Gasteiger partial charge is 0.459 e. The first-order valence-corrected chi connectivity index (χ1v) is 11.9. The predicted octanol–water partition coefficient (Wildman–Crippen LogP) is 3.30. The highest BCUT2D eigenvalue weighted by Gasteiger charge is 2.22. The van der Waals surface area contributed by atoms with Crippen LogP contribution in [-0.2, 0) is 29.7 Å². The Morgan fingerprint density at radius 3 is 2.49 bits per heavy atom. The molecule has 4 rings (SSSR count). The lowest BCUT2D eigenvalue weighted by Crippen LogP contribution is -2.36. The number of esters is 1. The fourth-order valence-electron chi connectivity index (χ4n) is 3.80. The number of ether oxygens (including phenoxy) is 1. The van der Waals surface area contributed by atoms with Crippen LogP contribution in [0.5, 0.6) is 0 Å². The highest BCUT2D eigenvalue weighted by atomic mass is 35.5. The Morgan fingerprint density at radius 1 is 1.16 bits per heavy atom. The van der Waals surface area contributed by atoms with Gasteiger partial charge in [0.2, 0.25) is 0 Å². The molecule has 192 valence electrons. The van der Waals surface area contributed by atoms with E-state index >= 15 is 0 Å². The first-order valence-electron chi connectivity index (χ1n) is 11.5. The summed E-state index contributed by atoms with van der Waals surface area (Å²) in [5, 5.41) is 7.94. The van der Waals surface area contributed by atoms with E-state index in [1.807, 2.05) is 0 Å². The van der Waals surface area contributed by atoms with E-state index in [9.17, 15) is 14.4 Å². The Bertz CT molecular complexity index is 1550. The van der Waals surface area contributed by atoms with Crippen molar-refractivity contribution in [1.82, 2.24) is 24.6 Å². The zero-order valence-corrected chi connectivity index (χ0v) is 21.7. The summed E-state index contributed by atoms with van der Waals surface area (Å²) >= 11 is 5.93. The minimum absolute atomic E-state index is 0.145. The summed E-state index contributed by atoms with van der Waals surface area (Å²) in [6.07, 6.45) is 3.41. The van der Waals surface area contributed by atoms with Gasteiger partial charge < -0.3 is 15.8 Å². The van der Waals surface area contributed by atoms with Crippen molar-refractivity contribution in [2.45, 2.75) is 39.5 Å². The highest BCUT2D eigenvalue weighted by Crippen LogP contribution is 2.28. The van der Waals surface area contributed by atoms with Gasteiger partial charge in [-0.25, -0.2) is 4.98 Å². The zero-order chi connectivity index (χ0) is 26.9. The summed E-state index contributed by atoms with van der Waals surface area (Å²) in [7, 11) is 1.77. The molecule has 3 N–H and O–H groups in total. The number of nitrogens with one attached hydrogen (secondary N) is 1. The number of carbonyl (C=O) groups excluding carboxylic acids is 2. The number of nitrogens with zero attached hydrogens (tertiary/aromatic N) is 4. The van der Waals surface area contributed by atoms with Crippen molar-refractivity contribution in [2.24, 2.45) is 7.05 Å². The van der Waals surface area contributed by atoms with E-state index in [-0.39, 0.29) is 23.6 Å². The van der Waals surface area contributed by atoms with E-state index in [0.717, 1.165) is 10.1 Å². The lowest BCUT2D eigenvalue weighted by molar-refractivity contribution is -0.155. The average molecular weight is 523 g/mol. The van der Waals surface area contributed by atoms with Crippen LogP contribution in [0, 0.1) is 0 Å². The normalized spacial score (nSPS) is 11.5. The molecule has 0 spiro atoms. The van der Waals surface area contributed by atoms with Gasteiger partial charge in [0.25, 0.3) is 11.5 Å². The SMILES string of the molecule is Cn1cc(-c2cc3cc(C(=O)NCc4ccc(Cl)cc4)c(=O)n(CC(=O)OC(C)(C)C)c3nc2N)cn1. The fraction of sp³-hybridized carbons (Fsp3) is 0.269. The second-order valence-electron chi connectivity index (χ2n) is 9.58. The Hall–Kier alpha value is -4.18. The Balaban J connectivity index is 1.79. The third-order valence-corrected chi connectivity index (χ3v) is 5.68. The van der Waals surface area contributed by atoms with Gasteiger partial charge in [-0.15, -0.1) is 0 Å². The Kier molecular flexibility index (Phi) is 7.04. The van der Waals surface area contributed by atoms with Crippen LogP contribution in [0.4, 0.5) is 5.82 Å². The zero-order valence-electron chi connectivity index (χ0n) is 20.9. The van der Waals surface area contributed by atoms with Crippen molar-refractivity contribution in [2.75, 3.05) is 5.73 Å². The third kappa shape index (κ3) is 5.97. The van der Waals surface area contributed by atoms with Crippen LogP contribution < -0.4 is 16.6 Å². The number of fused-ring (bicyclic) bond motifs is 1. The molecule has 0 saturated heterocycles. The topological polar surface area (TPSA) is 134 Å². The van der Waals surface area contributed by atoms with Crippen molar-refractivity contribution in [3.05, 3.63) is 75.3 Å². The van der Waals surface area contributed by atoms with E-state index in [0.29, 0.717) is 21.5 Å². The lowest BCUT2D eigenvalue weighted by atomic mass is 10.1. The molecule has 1 amide bonds. The number of pyridine rings is 2. The molecule has 11 heteroatoms. The van der Waals surface area contributed by atoms with Gasteiger partial charge in [-0.05, 0) is 50.6 Å². The van der Waals surface area contributed by atoms with Crippen molar-refractivity contribution >= 4 is 40.3 Å². The number of halogens is 1. The predicted molar refractivity (Wildman–Crippen MR) is 141 cm³/mol. The smallest absolute Gasteiger partial charge is 0.326 e. The van der Waals surface area contributed by atoms with E-state index in [1.165, 1.54) is 6.07 Å². The number of nitrogens with two attached hydrogens (primary N) is 1. The number of amides is 1. The first-order chi connectivity index (χ1) is 17.4. The Morgan fingerprint density at radius 2 is 1.86 bits per heavy atom. The number of nitrogen functional groups attached to an aromatic ring is 1. The molecular weight excluding hydrogens is 496 g/mol. The van der Waals surface area contributed by atoms with Gasteiger partial charge in [-0.1, -0.05) is 23.7 Å². The molecular formula is C26H27ClN6O4. The van der Waals surface area contributed by atoms with Crippen LogP contribution in [0.2, 0.25) is 5.02 Å². The van der Waals surface area contributed by atoms with E-state index in [4.69, 9.17) is 22.1 Å². The van der Waals surface area contributed by atoms with Gasteiger partial charge in [0, 0.05) is 41.3 Å². The average Bonchev–Trinajstić information content (AvgIpc) is 3.25. The summed E-state index contributed by atoms with van der Waals surface area (Å²) in [5.74, 6) is -1.09. The molecule has 0 fully saturated rings. The number of hydrogen-bond acceptors (Lipinski definition) is 7. The molecule has 3 heterocycles. The van der Waals surface area contributed by atoms with E-state index in [1.54, 1.807) is 75.2 Å². The number of rotatable bonds is 6. The number of benzene rings is 1. The van der Waals surface area contributed by atoms with Gasteiger partial charge >= 0.3 is 5.97 Å². The maximum absolute atomic E-state index is 13.4. The number of aromatic nitrogens is 4. The van der Waals surface area contributed by atoms with Crippen molar-refractivity contribution in [1.29, 1.82) is 0 Å². The van der Waals surface area contributed by atoms with Crippen molar-refractivity contribution < 1.29 is 14.3 Å². The number of aryl methyl sites for hydroxylation is 1. The van der Waals surface area contributed by atoms with Crippen LogP contribution in [0.25, 0.3) is 22.2 Å². The van der Waals surface area contributed by atoms with Crippen LogP contribution in [0.1, 0.15) is 36.7 Å². The summed E-state index contributed by atoms with van der Waals surface area (Å²) < 4.78 is 8.15. The molecule has 37 heavy (non-hydrogen) atoms. The number of anilines is 1. The molecule has 10 nitrogen and oxygen atoms in total.